The molecule has 3 aliphatic rings. The van der Waals surface area contributed by atoms with Gasteiger partial charge < -0.3 is 19.1 Å². The van der Waals surface area contributed by atoms with Crippen LogP contribution >= 0.6 is 0 Å². The number of morpholine rings is 1. The molecule has 170 valence electrons. The highest BCUT2D eigenvalue weighted by molar-refractivity contribution is 6.02. The van der Waals surface area contributed by atoms with Gasteiger partial charge in [0.15, 0.2) is 0 Å². The first-order chi connectivity index (χ1) is 15.4. The van der Waals surface area contributed by atoms with Crippen molar-refractivity contribution >= 4 is 11.8 Å². The Morgan fingerprint density at radius 1 is 1.22 bits per heavy atom. The van der Waals surface area contributed by atoms with Crippen LogP contribution in [0.1, 0.15) is 47.1 Å². The topological polar surface area (TPSA) is 79.1 Å². The first-order valence-corrected chi connectivity index (χ1v) is 11.3. The average Bonchev–Trinajstić information content (AvgIpc) is 3.17. The molecule has 1 aromatic heterocycles. The Kier molecular flexibility index (Phi) is 5.29. The molecule has 0 N–H and O–H groups in total. The molecule has 2 amide bonds. The van der Waals surface area contributed by atoms with Gasteiger partial charge in [0.05, 0.1) is 30.4 Å². The molecule has 0 radical (unpaired) electrons. The summed E-state index contributed by atoms with van der Waals surface area (Å²) in [6.45, 7) is 10.1. The summed E-state index contributed by atoms with van der Waals surface area (Å²) in [7, 11) is 0. The number of likely N-dealkylation sites (tertiary alicyclic amines) is 1. The van der Waals surface area contributed by atoms with Gasteiger partial charge in [0.1, 0.15) is 5.76 Å². The maximum Gasteiger partial charge on any atom is 0.254 e. The number of carbonyl (C=O) groups excluding carboxylic acids is 2. The molecule has 32 heavy (non-hydrogen) atoms. The number of carbonyl (C=O) groups is 2. The van der Waals surface area contributed by atoms with E-state index in [0.717, 1.165) is 17.0 Å². The Labute approximate surface area is 188 Å². The highest BCUT2D eigenvalue weighted by Crippen LogP contribution is 2.48. The van der Waals surface area contributed by atoms with Crippen LogP contribution in [-0.2, 0) is 16.1 Å². The van der Waals surface area contributed by atoms with Crippen molar-refractivity contribution in [1.29, 1.82) is 0 Å². The third kappa shape index (κ3) is 3.33. The van der Waals surface area contributed by atoms with Crippen molar-refractivity contribution in [2.75, 3.05) is 39.4 Å². The van der Waals surface area contributed by atoms with Crippen molar-refractivity contribution in [2.24, 2.45) is 0 Å². The van der Waals surface area contributed by atoms with Crippen molar-refractivity contribution < 1.29 is 18.8 Å². The summed E-state index contributed by atoms with van der Waals surface area (Å²) in [5.74, 6) is 0.489. The van der Waals surface area contributed by atoms with Crippen molar-refractivity contribution in [3.63, 3.8) is 0 Å². The molecule has 0 bridgehead atoms. The lowest BCUT2D eigenvalue weighted by molar-refractivity contribution is -0.148. The van der Waals surface area contributed by atoms with Gasteiger partial charge in [-0.1, -0.05) is 23.4 Å². The van der Waals surface area contributed by atoms with E-state index in [0.29, 0.717) is 51.5 Å². The number of hydrogen-bond donors (Lipinski definition) is 0. The minimum Gasteiger partial charge on any atom is -0.378 e. The fourth-order valence-electron chi connectivity index (χ4n) is 5.68. The summed E-state index contributed by atoms with van der Waals surface area (Å²) in [6.07, 6.45) is 0. The molecule has 4 heterocycles. The molecule has 0 aliphatic carbocycles. The molecule has 2 aromatic rings. The molecule has 8 heteroatoms. The standard InChI is InChI=1S/C24H30N4O4/c1-16(2)28-22(29)20-7-5-4-6-19(20)21(23(30)27-8-10-31-11-9-27)24(28)14-26(15-24)13-18-12-17(3)32-25-18/h4-7,12,16,21H,8-11,13-15H2,1-3H3. The normalized spacial score (nSPS) is 22.9. The van der Waals surface area contributed by atoms with Gasteiger partial charge >= 0.3 is 0 Å². The third-order valence-corrected chi connectivity index (χ3v) is 6.88. The van der Waals surface area contributed by atoms with Crippen LogP contribution in [0.5, 0.6) is 0 Å². The Morgan fingerprint density at radius 3 is 2.59 bits per heavy atom. The van der Waals surface area contributed by atoms with Crippen LogP contribution in [0.25, 0.3) is 0 Å². The quantitative estimate of drug-likeness (QED) is 0.727. The van der Waals surface area contributed by atoms with E-state index in [1.165, 1.54) is 0 Å². The van der Waals surface area contributed by atoms with Gasteiger partial charge in [-0.05, 0) is 32.4 Å². The number of hydrogen-bond acceptors (Lipinski definition) is 6. The lowest BCUT2D eigenvalue weighted by Crippen LogP contribution is -2.77. The van der Waals surface area contributed by atoms with Gasteiger partial charge in [0, 0.05) is 50.4 Å². The Hall–Kier alpha value is -2.71. The fourth-order valence-corrected chi connectivity index (χ4v) is 5.68. The number of rotatable bonds is 4. The molecule has 1 unspecified atom stereocenters. The molecule has 1 atom stereocenters. The fraction of sp³-hybridized carbons (Fsp3) is 0.542. The van der Waals surface area contributed by atoms with Gasteiger partial charge in [-0.3, -0.25) is 14.5 Å². The molecular formula is C24H30N4O4. The number of fused-ring (bicyclic) bond motifs is 1. The smallest absolute Gasteiger partial charge is 0.254 e. The maximum atomic E-state index is 14.0. The first kappa shape index (κ1) is 21.2. The Morgan fingerprint density at radius 2 is 1.94 bits per heavy atom. The number of aryl methyl sites for hydroxylation is 1. The summed E-state index contributed by atoms with van der Waals surface area (Å²) in [6, 6.07) is 9.53. The highest BCUT2D eigenvalue weighted by atomic mass is 16.5. The van der Waals surface area contributed by atoms with Crippen LogP contribution in [0.4, 0.5) is 0 Å². The van der Waals surface area contributed by atoms with Crippen LogP contribution in [0, 0.1) is 6.92 Å². The molecule has 5 rings (SSSR count). The molecule has 0 saturated carbocycles. The van der Waals surface area contributed by atoms with Crippen LogP contribution in [0.3, 0.4) is 0 Å². The second-order valence-electron chi connectivity index (χ2n) is 9.40. The molecule has 8 nitrogen and oxygen atoms in total. The maximum absolute atomic E-state index is 14.0. The van der Waals surface area contributed by atoms with E-state index >= 15 is 0 Å². The van der Waals surface area contributed by atoms with E-state index in [2.05, 4.69) is 10.1 Å². The largest absolute Gasteiger partial charge is 0.378 e. The van der Waals surface area contributed by atoms with Crippen molar-refractivity contribution in [3.05, 3.63) is 52.9 Å². The minimum atomic E-state index is -0.576. The van der Waals surface area contributed by atoms with Crippen molar-refractivity contribution in [1.82, 2.24) is 19.9 Å². The van der Waals surface area contributed by atoms with Gasteiger partial charge in [-0.2, -0.15) is 0 Å². The lowest BCUT2D eigenvalue weighted by Gasteiger charge is -2.62. The van der Waals surface area contributed by atoms with Crippen LogP contribution < -0.4 is 0 Å². The van der Waals surface area contributed by atoms with Gasteiger partial charge in [0.2, 0.25) is 5.91 Å². The number of amides is 2. The second-order valence-corrected chi connectivity index (χ2v) is 9.40. The summed E-state index contributed by atoms with van der Waals surface area (Å²) in [5.41, 5.74) is 1.78. The molecule has 1 aromatic carbocycles. The first-order valence-electron chi connectivity index (χ1n) is 11.3. The molecular weight excluding hydrogens is 408 g/mol. The third-order valence-electron chi connectivity index (χ3n) is 6.88. The number of benzene rings is 1. The van der Waals surface area contributed by atoms with E-state index in [9.17, 15) is 9.59 Å². The summed E-state index contributed by atoms with van der Waals surface area (Å²) >= 11 is 0. The zero-order chi connectivity index (χ0) is 22.5. The molecule has 3 aliphatic heterocycles. The van der Waals surface area contributed by atoms with E-state index in [4.69, 9.17) is 9.26 Å². The molecule has 1 spiro atoms. The van der Waals surface area contributed by atoms with Crippen molar-refractivity contribution in [3.8, 4) is 0 Å². The number of nitrogens with zero attached hydrogens (tertiary/aromatic N) is 4. The lowest BCUT2D eigenvalue weighted by atomic mass is 9.67. The monoisotopic (exact) mass is 438 g/mol. The molecule has 2 saturated heterocycles. The highest BCUT2D eigenvalue weighted by Gasteiger charge is 2.61. The van der Waals surface area contributed by atoms with E-state index in [-0.39, 0.29) is 17.9 Å². The van der Waals surface area contributed by atoms with E-state index in [1.54, 1.807) is 0 Å². The van der Waals surface area contributed by atoms with Crippen LogP contribution in [0.15, 0.2) is 34.9 Å². The van der Waals surface area contributed by atoms with E-state index < -0.39 is 11.5 Å². The minimum absolute atomic E-state index is 0.0126. The van der Waals surface area contributed by atoms with Crippen LogP contribution in [0.2, 0.25) is 0 Å². The predicted octanol–water partition coefficient (Wildman–Crippen LogP) is 2.04. The summed E-state index contributed by atoms with van der Waals surface area (Å²) in [4.78, 5) is 33.7. The Balaban J connectivity index is 1.53. The van der Waals surface area contributed by atoms with Gasteiger partial charge in [-0.15, -0.1) is 0 Å². The average molecular weight is 439 g/mol. The second kappa shape index (κ2) is 8.01. The SMILES string of the molecule is Cc1cc(CN2CC3(C2)C(C(=O)N2CCOCC2)c2ccccc2C(=O)N3C(C)C)no1. The number of aromatic nitrogens is 1. The van der Waals surface area contributed by atoms with E-state index in [1.807, 2.05) is 60.9 Å². The van der Waals surface area contributed by atoms with Gasteiger partial charge in [-0.25, -0.2) is 0 Å². The van der Waals surface area contributed by atoms with Gasteiger partial charge in [0.25, 0.3) is 5.91 Å². The van der Waals surface area contributed by atoms with Crippen LogP contribution in [-0.4, -0.2) is 82.6 Å². The zero-order valence-electron chi connectivity index (χ0n) is 18.9. The van der Waals surface area contributed by atoms with Crippen molar-refractivity contribution in [2.45, 2.75) is 44.8 Å². The predicted molar refractivity (Wildman–Crippen MR) is 117 cm³/mol. The summed E-state index contributed by atoms with van der Waals surface area (Å²) < 4.78 is 10.7. The summed E-state index contributed by atoms with van der Waals surface area (Å²) in [5, 5.41) is 4.12. The Bertz CT molecular complexity index is 1020. The zero-order valence-corrected chi connectivity index (χ0v) is 18.9. The molecule has 2 fully saturated rings. The number of ether oxygens (including phenoxy) is 1.